The Kier molecular flexibility index (Phi) is 3.80. The van der Waals surface area contributed by atoms with E-state index in [1.165, 1.54) is 5.56 Å². The number of fused-ring (bicyclic) bond motifs is 2. The number of aryl methyl sites for hydroxylation is 1. The van der Waals surface area contributed by atoms with E-state index in [1.807, 2.05) is 12.1 Å². The van der Waals surface area contributed by atoms with Gasteiger partial charge >= 0.3 is 0 Å². The molecule has 0 bridgehead atoms. The van der Waals surface area contributed by atoms with Gasteiger partial charge in [0.15, 0.2) is 11.5 Å². The Hall–Kier alpha value is -1.72. The maximum absolute atomic E-state index is 9.21. The zero-order chi connectivity index (χ0) is 13.9. The number of hydrogen-bond acceptors (Lipinski definition) is 4. The van der Waals surface area contributed by atoms with Gasteiger partial charge in [0, 0.05) is 24.2 Å². The molecule has 2 aromatic rings. The van der Waals surface area contributed by atoms with Crippen LogP contribution < -0.4 is 15.2 Å². The van der Waals surface area contributed by atoms with Crippen LogP contribution in [0.15, 0.2) is 18.3 Å². The standard InChI is InChI=1S/C15H20N2O3/c16-3-1-2-11-10-17(4-5-18)13-9-15-14(8-12(11)13)19-6-7-20-15/h8-10,18H,1-7,16H2. The van der Waals surface area contributed by atoms with E-state index in [4.69, 9.17) is 15.2 Å². The summed E-state index contributed by atoms with van der Waals surface area (Å²) in [4.78, 5) is 0. The average molecular weight is 276 g/mol. The van der Waals surface area contributed by atoms with Crippen molar-refractivity contribution in [2.24, 2.45) is 5.73 Å². The molecule has 5 heteroatoms. The highest BCUT2D eigenvalue weighted by Gasteiger charge is 2.17. The van der Waals surface area contributed by atoms with Crippen molar-refractivity contribution in [1.29, 1.82) is 0 Å². The highest BCUT2D eigenvalue weighted by Crippen LogP contribution is 2.36. The Balaban J connectivity index is 2.09. The Morgan fingerprint density at radius 3 is 2.65 bits per heavy atom. The molecule has 1 aromatic carbocycles. The normalized spacial score (nSPS) is 13.9. The van der Waals surface area contributed by atoms with E-state index < -0.39 is 0 Å². The van der Waals surface area contributed by atoms with Crippen LogP contribution in [-0.2, 0) is 13.0 Å². The summed E-state index contributed by atoms with van der Waals surface area (Å²) in [5.74, 6) is 1.59. The third kappa shape index (κ3) is 2.34. The fraction of sp³-hybridized carbons (Fsp3) is 0.467. The molecular formula is C15H20N2O3. The molecule has 0 saturated carbocycles. The first-order valence-electron chi connectivity index (χ1n) is 7.06. The molecule has 0 amide bonds. The first-order valence-corrected chi connectivity index (χ1v) is 7.06. The molecule has 108 valence electrons. The second kappa shape index (κ2) is 5.73. The number of hydrogen-bond donors (Lipinski definition) is 2. The summed E-state index contributed by atoms with van der Waals surface area (Å²) in [5, 5.41) is 10.4. The maximum atomic E-state index is 9.21. The van der Waals surface area contributed by atoms with E-state index in [1.54, 1.807) is 0 Å². The highest BCUT2D eigenvalue weighted by molar-refractivity contribution is 5.87. The van der Waals surface area contributed by atoms with Crippen molar-refractivity contribution in [1.82, 2.24) is 4.57 Å². The summed E-state index contributed by atoms with van der Waals surface area (Å²) in [6.07, 6.45) is 3.99. The quantitative estimate of drug-likeness (QED) is 0.863. The lowest BCUT2D eigenvalue weighted by atomic mass is 10.1. The SMILES string of the molecule is NCCCc1cn(CCO)c2cc3c(cc12)OCCO3. The zero-order valence-electron chi connectivity index (χ0n) is 11.5. The van der Waals surface area contributed by atoms with Gasteiger partial charge in [-0.05, 0) is 31.0 Å². The Labute approximate surface area is 117 Å². The van der Waals surface area contributed by atoms with E-state index in [2.05, 4.69) is 10.8 Å². The van der Waals surface area contributed by atoms with Gasteiger partial charge in [-0.1, -0.05) is 0 Å². The van der Waals surface area contributed by atoms with Crippen molar-refractivity contribution in [3.8, 4) is 11.5 Å². The summed E-state index contributed by atoms with van der Waals surface area (Å²) >= 11 is 0. The van der Waals surface area contributed by atoms with Crippen LogP contribution in [0.5, 0.6) is 11.5 Å². The lowest BCUT2D eigenvalue weighted by molar-refractivity contribution is 0.172. The number of benzene rings is 1. The number of aliphatic hydroxyl groups excluding tert-OH is 1. The molecule has 1 aromatic heterocycles. The van der Waals surface area contributed by atoms with Gasteiger partial charge in [-0.15, -0.1) is 0 Å². The van der Waals surface area contributed by atoms with Crippen LogP contribution >= 0.6 is 0 Å². The molecule has 0 unspecified atom stereocenters. The topological polar surface area (TPSA) is 69.6 Å². The van der Waals surface area contributed by atoms with Gasteiger partial charge < -0.3 is 24.9 Å². The van der Waals surface area contributed by atoms with Crippen LogP contribution in [0.2, 0.25) is 0 Å². The van der Waals surface area contributed by atoms with Gasteiger partial charge in [0.1, 0.15) is 13.2 Å². The van der Waals surface area contributed by atoms with Crippen LogP contribution in [0.3, 0.4) is 0 Å². The van der Waals surface area contributed by atoms with Gasteiger partial charge in [0.2, 0.25) is 0 Å². The highest BCUT2D eigenvalue weighted by atomic mass is 16.6. The Bertz CT molecular complexity index is 607. The molecule has 5 nitrogen and oxygen atoms in total. The second-order valence-corrected chi connectivity index (χ2v) is 4.98. The van der Waals surface area contributed by atoms with Crippen molar-refractivity contribution >= 4 is 10.9 Å². The lowest BCUT2D eigenvalue weighted by Crippen LogP contribution is -2.15. The summed E-state index contributed by atoms with van der Waals surface area (Å²) in [6, 6.07) is 4.05. The fourth-order valence-corrected chi connectivity index (χ4v) is 2.68. The molecule has 3 rings (SSSR count). The molecule has 3 N–H and O–H groups in total. The number of ether oxygens (including phenoxy) is 2. The van der Waals surface area contributed by atoms with Gasteiger partial charge in [-0.2, -0.15) is 0 Å². The van der Waals surface area contributed by atoms with E-state index >= 15 is 0 Å². The van der Waals surface area contributed by atoms with Crippen molar-refractivity contribution < 1.29 is 14.6 Å². The van der Waals surface area contributed by atoms with Crippen LogP contribution in [0.25, 0.3) is 10.9 Å². The maximum Gasteiger partial charge on any atom is 0.163 e. The zero-order valence-corrected chi connectivity index (χ0v) is 11.5. The van der Waals surface area contributed by atoms with Gasteiger partial charge in [0.25, 0.3) is 0 Å². The Morgan fingerprint density at radius 1 is 1.20 bits per heavy atom. The summed E-state index contributed by atoms with van der Waals surface area (Å²) in [5.41, 5.74) is 7.93. The van der Waals surface area contributed by atoms with Gasteiger partial charge in [-0.25, -0.2) is 0 Å². The molecule has 0 aliphatic carbocycles. The summed E-state index contributed by atoms with van der Waals surface area (Å²) < 4.78 is 13.4. The van der Waals surface area contributed by atoms with E-state index in [-0.39, 0.29) is 6.61 Å². The number of aliphatic hydroxyl groups is 1. The monoisotopic (exact) mass is 276 g/mol. The molecule has 0 radical (unpaired) electrons. The predicted octanol–water partition coefficient (Wildman–Crippen LogP) is 1.30. The Morgan fingerprint density at radius 2 is 1.95 bits per heavy atom. The molecule has 1 aliphatic heterocycles. The first kappa shape index (κ1) is 13.3. The molecule has 2 heterocycles. The molecule has 0 atom stereocenters. The number of nitrogens with zero attached hydrogens (tertiary/aromatic N) is 1. The van der Waals surface area contributed by atoms with Crippen molar-refractivity contribution in [2.45, 2.75) is 19.4 Å². The third-order valence-corrected chi connectivity index (χ3v) is 3.62. The van der Waals surface area contributed by atoms with Gasteiger partial charge in [0.05, 0.1) is 12.1 Å². The summed E-state index contributed by atoms with van der Waals surface area (Å²) in [7, 11) is 0. The minimum atomic E-state index is 0.120. The van der Waals surface area contributed by atoms with Crippen molar-refractivity contribution in [3.63, 3.8) is 0 Å². The van der Waals surface area contributed by atoms with Crippen LogP contribution in [-0.4, -0.2) is 36.0 Å². The van der Waals surface area contributed by atoms with E-state index in [0.29, 0.717) is 26.3 Å². The van der Waals surface area contributed by atoms with Crippen molar-refractivity contribution in [2.75, 3.05) is 26.4 Å². The van der Waals surface area contributed by atoms with Crippen LogP contribution in [0.4, 0.5) is 0 Å². The second-order valence-electron chi connectivity index (χ2n) is 4.98. The van der Waals surface area contributed by atoms with Crippen LogP contribution in [0.1, 0.15) is 12.0 Å². The number of aromatic nitrogens is 1. The fourth-order valence-electron chi connectivity index (χ4n) is 2.68. The predicted molar refractivity (Wildman–Crippen MR) is 77.4 cm³/mol. The van der Waals surface area contributed by atoms with Crippen molar-refractivity contribution in [3.05, 3.63) is 23.9 Å². The van der Waals surface area contributed by atoms with Crippen LogP contribution in [0, 0.1) is 0 Å². The average Bonchev–Trinajstić information content (AvgIpc) is 2.81. The van der Waals surface area contributed by atoms with E-state index in [9.17, 15) is 5.11 Å². The molecule has 20 heavy (non-hydrogen) atoms. The molecule has 0 saturated heterocycles. The largest absolute Gasteiger partial charge is 0.486 e. The lowest BCUT2D eigenvalue weighted by Gasteiger charge is -2.18. The van der Waals surface area contributed by atoms with Gasteiger partial charge in [-0.3, -0.25) is 0 Å². The minimum absolute atomic E-state index is 0.120. The van der Waals surface area contributed by atoms with E-state index in [0.717, 1.165) is 35.2 Å². The minimum Gasteiger partial charge on any atom is -0.486 e. The molecular weight excluding hydrogens is 256 g/mol. The molecule has 1 aliphatic rings. The smallest absolute Gasteiger partial charge is 0.163 e. The number of nitrogens with two attached hydrogens (primary N) is 1. The number of rotatable bonds is 5. The first-order chi connectivity index (χ1) is 9.83. The molecule has 0 spiro atoms. The molecule has 0 fully saturated rings. The summed E-state index contributed by atoms with van der Waals surface area (Å²) in [6.45, 7) is 2.55. The third-order valence-electron chi connectivity index (χ3n) is 3.62.